The lowest BCUT2D eigenvalue weighted by molar-refractivity contribution is 0.0148. The Balaban J connectivity index is 4.51. The highest BCUT2D eigenvalue weighted by Crippen LogP contribution is 2.18. The summed E-state index contributed by atoms with van der Waals surface area (Å²) in [7, 11) is 2.16. The van der Waals surface area contributed by atoms with Crippen molar-refractivity contribution in [1.82, 2.24) is 0 Å². The first-order valence-corrected chi connectivity index (χ1v) is 8.67. The summed E-state index contributed by atoms with van der Waals surface area (Å²) in [4.78, 5) is 0. The smallest absolute Gasteiger partial charge is 0.382 e. The van der Waals surface area contributed by atoms with Gasteiger partial charge in [0.05, 0.1) is 39.6 Å². The zero-order chi connectivity index (χ0) is 15.1. The minimum atomic E-state index is -2.74. The van der Waals surface area contributed by atoms with Gasteiger partial charge < -0.3 is 27.5 Å². The number of methoxy groups -OCH3 is 3. The van der Waals surface area contributed by atoms with Crippen molar-refractivity contribution in [2.24, 2.45) is 0 Å². The molecular weight excluding hydrogens is 280 g/mol. The van der Waals surface area contributed by atoms with Crippen LogP contribution in [0, 0.1) is 0 Å². The molecule has 0 aliphatic heterocycles. The topological polar surface area (TPSA) is 55.4 Å². The van der Waals surface area contributed by atoms with Gasteiger partial charge in [0.1, 0.15) is 0 Å². The highest BCUT2D eigenvalue weighted by molar-refractivity contribution is 6.60. The maximum absolute atomic E-state index is 5.88. The summed E-state index contributed by atoms with van der Waals surface area (Å²) >= 11 is 0. The van der Waals surface area contributed by atoms with Gasteiger partial charge in [-0.2, -0.15) is 0 Å². The Morgan fingerprint density at radius 1 is 0.750 bits per heavy atom. The van der Waals surface area contributed by atoms with Crippen molar-refractivity contribution >= 4 is 8.80 Å². The van der Waals surface area contributed by atoms with Gasteiger partial charge in [-0.3, -0.25) is 0 Å². The van der Waals surface area contributed by atoms with Gasteiger partial charge in [0.25, 0.3) is 0 Å². The average Bonchev–Trinajstić information content (AvgIpc) is 2.46. The van der Waals surface area contributed by atoms with Crippen LogP contribution in [-0.2, 0) is 27.5 Å². The van der Waals surface area contributed by atoms with E-state index >= 15 is 0 Å². The highest BCUT2D eigenvalue weighted by Gasteiger charge is 2.40. The summed E-state index contributed by atoms with van der Waals surface area (Å²) in [6.07, 6.45) is 2.61. The monoisotopic (exact) mass is 308 g/mol. The van der Waals surface area contributed by atoms with Crippen LogP contribution in [0.25, 0.3) is 0 Å². The molecule has 0 N–H and O–H groups in total. The molecule has 0 aliphatic carbocycles. The fraction of sp³-hybridized carbons (Fsp3) is 0.846. The minimum Gasteiger partial charge on any atom is -0.382 e. The van der Waals surface area contributed by atoms with E-state index in [0.29, 0.717) is 45.7 Å². The molecule has 0 aliphatic rings. The number of ether oxygens (including phenoxy) is 3. The van der Waals surface area contributed by atoms with E-state index in [0.717, 1.165) is 6.42 Å². The zero-order valence-corrected chi connectivity index (χ0v) is 13.9. The predicted octanol–water partition coefficient (Wildman–Crippen LogP) is 1.49. The van der Waals surface area contributed by atoms with Crippen molar-refractivity contribution in [3.63, 3.8) is 0 Å². The van der Waals surface area contributed by atoms with Gasteiger partial charge in [-0.05, 0) is 6.42 Å². The molecule has 0 aromatic carbocycles. The van der Waals surface area contributed by atoms with Crippen molar-refractivity contribution in [1.29, 1.82) is 0 Å². The second-order valence-electron chi connectivity index (χ2n) is 4.03. The maximum atomic E-state index is 5.88. The summed E-state index contributed by atoms with van der Waals surface area (Å²) in [5.74, 6) is 0. The van der Waals surface area contributed by atoms with Crippen LogP contribution in [0.1, 0.15) is 6.42 Å². The fourth-order valence-corrected chi connectivity index (χ4v) is 3.89. The molecule has 0 fully saturated rings. The first-order chi connectivity index (χ1) is 9.74. The average molecular weight is 308 g/mol. The molecule has 0 rings (SSSR count). The first kappa shape index (κ1) is 19.7. The van der Waals surface area contributed by atoms with Crippen LogP contribution in [-0.4, -0.2) is 69.8 Å². The molecule has 120 valence electrons. The van der Waals surface area contributed by atoms with Gasteiger partial charge in [0, 0.05) is 27.4 Å². The Labute approximate surface area is 123 Å². The molecule has 0 bridgehead atoms. The zero-order valence-electron chi connectivity index (χ0n) is 12.9. The third-order valence-corrected chi connectivity index (χ3v) is 5.32. The predicted molar refractivity (Wildman–Crippen MR) is 78.9 cm³/mol. The molecule has 0 atom stereocenters. The third kappa shape index (κ3) is 9.59. The van der Waals surface area contributed by atoms with Gasteiger partial charge >= 0.3 is 8.80 Å². The molecule has 0 heterocycles. The Hall–Kier alpha value is -0.283. The quantitative estimate of drug-likeness (QED) is 0.259. The van der Waals surface area contributed by atoms with Gasteiger partial charge in [0.2, 0.25) is 0 Å². The van der Waals surface area contributed by atoms with Crippen LogP contribution >= 0.6 is 0 Å². The second-order valence-corrected chi connectivity index (χ2v) is 6.77. The molecule has 7 heteroatoms. The molecule has 0 amide bonds. The molecule has 0 saturated heterocycles. The number of hydrogen-bond acceptors (Lipinski definition) is 6. The van der Waals surface area contributed by atoms with Crippen molar-refractivity contribution in [3.05, 3.63) is 12.7 Å². The molecule has 0 aromatic heterocycles. The Morgan fingerprint density at radius 2 is 1.15 bits per heavy atom. The molecule has 0 saturated carbocycles. The summed E-state index contributed by atoms with van der Waals surface area (Å²) in [5.41, 5.74) is 0. The van der Waals surface area contributed by atoms with E-state index in [1.54, 1.807) is 21.3 Å². The normalized spacial score (nSPS) is 11.8. The van der Waals surface area contributed by atoms with Crippen molar-refractivity contribution in [3.8, 4) is 0 Å². The lowest BCUT2D eigenvalue weighted by Gasteiger charge is -2.29. The summed E-state index contributed by atoms with van der Waals surface area (Å²) in [6, 6.07) is 0.688. The van der Waals surface area contributed by atoms with Crippen molar-refractivity contribution < 1.29 is 27.5 Å². The molecule has 6 nitrogen and oxygen atoms in total. The minimum absolute atomic E-state index is 0.444. The van der Waals surface area contributed by atoms with Crippen LogP contribution < -0.4 is 0 Å². The lowest BCUT2D eigenvalue weighted by atomic mass is 10.5. The van der Waals surface area contributed by atoms with E-state index in [1.165, 1.54) is 0 Å². The van der Waals surface area contributed by atoms with Gasteiger partial charge in [-0.1, -0.05) is 6.08 Å². The summed E-state index contributed by atoms with van der Waals surface area (Å²) in [5, 5.41) is 0. The molecule has 0 spiro atoms. The second kappa shape index (κ2) is 13.7. The number of hydrogen-bond donors (Lipinski definition) is 0. The van der Waals surface area contributed by atoms with Crippen molar-refractivity contribution in [2.45, 2.75) is 12.5 Å². The van der Waals surface area contributed by atoms with E-state index in [1.807, 2.05) is 6.08 Å². The molecular formula is C13H28O6Si. The van der Waals surface area contributed by atoms with E-state index in [9.17, 15) is 0 Å². The standard InChI is InChI=1S/C13H28O6Si/c1-5-6-13-20(17-10-7-14-2,18-11-8-15-3)19-12-9-16-4/h5H,1,6-13H2,2-4H3. The van der Waals surface area contributed by atoms with Crippen LogP contribution in [0.3, 0.4) is 0 Å². The summed E-state index contributed by atoms with van der Waals surface area (Å²) in [6.45, 7) is 6.58. The summed E-state index contributed by atoms with van der Waals surface area (Å²) < 4.78 is 32.7. The molecule has 0 aromatic rings. The van der Waals surface area contributed by atoms with Crippen LogP contribution in [0.2, 0.25) is 6.04 Å². The number of allylic oxidation sites excluding steroid dienone is 1. The largest absolute Gasteiger partial charge is 0.501 e. The van der Waals surface area contributed by atoms with E-state index < -0.39 is 8.80 Å². The Kier molecular flexibility index (Phi) is 13.5. The fourth-order valence-electron chi connectivity index (χ4n) is 1.46. The van der Waals surface area contributed by atoms with E-state index in [-0.39, 0.29) is 0 Å². The van der Waals surface area contributed by atoms with Gasteiger partial charge in [-0.15, -0.1) is 6.58 Å². The Bertz CT molecular complexity index is 200. The highest BCUT2D eigenvalue weighted by atomic mass is 28.4. The number of rotatable bonds is 15. The first-order valence-electron chi connectivity index (χ1n) is 6.74. The van der Waals surface area contributed by atoms with E-state index in [2.05, 4.69) is 6.58 Å². The molecule has 0 unspecified atom stereocenters. The molecule has 20 heavy (non-hydrogen) atoms. The van der Waals surface area contributed by atoms with Gasteiger partial charge in [0.15, 0.2) is 0 Å². The van der Waals surface area contributed by atoms with Crippen LogP contribution in [0.5, 0.6) is 0 Å². The SMILES string of the molecule is C=CCC[Si](OCCOC)(OCCOC)OCCOC. The maximum Gasteiger partial charge on any atom is 0.501 e. The van der Waals surface area contributed by atoms with Crippen molar-refractivity contribution in [2.75, 3.05) is 61.0 Å². The van der Waals surface area contributed by atoms with Crippen LogP contribution in [0.4, 0.5) is 0 Å². The van der Waals surface area contributed by atoms with E-state index in [4.69, 9.17) is 27.5 Å². The Morgan fingerprint density at radius 3 is 1.45 bits per heavy atom. The third-order valence-electron chi connectivity index (χ3n) is 2.48. The molecule has 0 radical (unpaired) electrons. The van der Waals surface area contributed by atoms with Gasteiger partial charge in [-0.25, -0.2) is 0 Å². The van der Waals surface area contributed by atoms with Crippen LogP contribution in [0.15, 0.2) is 12.7 Å². The lowest BCUT2D eigenvalue weighted by Crippen LogP contribution is -2.47.